The van der Waals surface area contributed by atoms with Gasteiger partial charge in [0.05, 0.1) is 43.7 Å². The summed E-state index contributed by atoms with van der Waals surface area (Å²) >= 11 is 1.27. The van der Waals surface area contributed by atoms with Gasteiger partial charge < -0.3 is 38.8 Å². The Kier molecular flexibility index (Phi) is 8.22. The van der Waals surface area contributed by atoms with Crippen LogP contribution in [-0.2, 0) is 20.9 Å². The quantitative estimate of drug-likeness (QED) is 0.484. The molecule has 13 heteroatoms. The Labute approximate surface area is 246 Å². The minimum absolute atomic E-state index is 0.191. The largest absolute Gasteiger partial charge is 0.485 e. The first-order valence-electron chi connectivity index (χ1n) is 13.6. The van der Waals surface area contributed by atoms with Gasteiger partial charge in [-0.15, -0.1) is 11.3 Å². The predicted molar refractivity (Wildman–Crippen MR) is 150 cm³/mol. The Morgan fingerprint density at radius 1 is 1.14 bits per heavy atom. The molecule has 1 fully saturated rings. The van der Waals surface area contributed by atoms with Crippen molar-refractivity contribution in [2.24, 2.45) is 0 Å². The van der Waals surface area contributed by atoms with Crippen LogP contribution < -0.4 is 19.5 Å². The minimum Gasteiger partial charge on any atom is -0.485 e. The molecule has 3 aliphatic rings. The molecule has 3 aliphatic heterocycles. The summed E-state index contributed by atoms with van der Waals surface area (Å²) in [6.45, 7) is 1.74. The number of methoxy groups -OCH3 is 1. The molecule has 1 aromatic carbocycles. The lowest BCUT2D eigenvalue weighted by atomic mass is 10.2. The molecule has 5 heterocycles. The second kappa shape index (κ2) is 12.3. The molecule has 0 saturated carbocycles. The summed E-state index contributed by atoms with van der Waals surface area (Å²) in [6.07, 6.45) is 2.46. The number of rotatable bonds is 4. The number of nitrogens with one attached hydrogen (secondary N) is 1. The first-order chi connectivity index (χ1) is 20.5. The van der Waals surface area contributed by atoms with Gasteiger partial charge in [-0.1, -0.05) is 12.1 Å². The van der Waals surface area contributed by atoms with Crippen LogP contribution in [0.2, 0.25) is 0 Å². The summed E-state index contributed by atoms with van der Waals surface area (Å²) < 4.78 is 28.8. The molecule has 2 aromatic heterocycles. The van der Waals surface area contributed by atoms with E-state index in [1.54, 1.807) is 22.4 Å². The average molecular weight is 595 g/mol. The first kappa shape index (κ1) is 27.9. The van der Waals surface area contributed by atoms with E-state index >= 15 is 0 Å². The normalized spacial score (nSPS) is 20.5. The highest BCUT2D eigenvalue weighted by Gasteiger charge is 2.39. The van der Waals surface area contributed by atoms with Gasteiger partial charge in [0.15, 0.2) is 11.5 Å². The Bertz CT molecular complexity index is 1480. The van der Waals surface area contributed by atoms with Crippen LogP contribution in [-0.4, -0.2) is 97.8 Å². The van der Waals surface area contributed by atoms with Gasteiger partial charge in [0.25, 0.3) is 11.8 Å². The van der Waals surface area contributed by atoms with E-state index in [2.05, 4.69) is 10.3 Å². The molecular weight excluding hydrogens is 564 g/mol. The summed E-state index contributed by atoms with van der Waals surface area (Å²) in [5.41, 5.74) is 1.13. The van der Waals surface area contributed by atoms with Crippen LogP contribution in [0.5, 0.6) is 23.0 Å². The molecule has 1 saturated heterocycles. The van der Waals surface area contributed by atoms with Crippen molar-refractivity contribution in [3.63, 3.8) is 0 Å². The zero-order valence-corrected chi connectivity index (χ0v) is 23.8. The molecule has 12 nitrogen and oxygen atoms in total. The summed E-state index contributed by atoms with van der Waals surface area (Å²) in [7, 11) is 1.53. The average Bonchev–Trinajstić information content (AvgIpc) is 3.62. The number of carbonyl (C=O) groups is 3. The fourth-order valence-corrected chi connectivity index (χ4v) is 5.99. The molecule has 3 amide bonds. The van der Waals surface area contributed by atoms with Crippen LogP contribution in [0, 0.1) is 0 Å². The highest BCUT2D eigenvalue weighted by Crippen LogP contribution is 2.40. The number of nitrogens with zero attached hydrogens (tertiary/aromatic N) is 3. The van der Waals surface area contributed by atoms with E-state index in [1.807, 2.05) is 18.2 Å². The van der Waals surface area contributed by atoms with Crippen LogP contribution in [0.1, 0.15) is 25.6 Å². The van der Waals surface area contributed by atoms with Crippen LogP contribution in [0.25, 0.3) is 0 Å². The van der Waals surface area contributed by atoms with E-state index in [-0.39, 0.29) is 62.7 Å². The molecular formula is C29H30N4O8S. The number of hydrogen-bond donors (Lipinski definition) is 1. The highest BCUT2D eigenvalue weighted by molar-refractivity contribution is 7.12. The van der Waals surface area contributed by atoms with E-state index in [9.17, 15) is 14.4 Å². The molecule has 0 radical (unpaired) electrons. The lowest BCUT2D eigenvalue weighted by molar-refractivity contribution is -0.123. The van der Waals surface area contributed by atoms with Crippen LogP contribution in [0.4, 0.5) is 0 Å². The number of fused-ring (bicyclic) bond motifs is 6. The third-order valence-corrected chi connectivity index (χ3v) is 8.07. The van der Waals surface area contributed by atoms with Gasteiger partial charge in [-0.3, -0.25) is 19.4 Å². The number of ether oxygens (including phenoxy) is 5. The standard InChI is InChI=1S/C29H30N4O8S/c1-37-6-5-32-15-25(34)31-22-13-33(29(36)27-26-24(17-42-27)38-7-8-39-26)14-23(22)40-16-18-3-2-4-20(9-18)41-21-10-19(28(32)35)11-30-12-21/h2-4,9-12,17,22-23H,5-8,13-16H2,1H3,(H,31,34)/t22-,23-/m0/s1. The first-order valence-corrected chi connectivity index (χ1v) is 14.4. The molecule has 3 aromatic rings. The number of pyridine rings is 1. The molecule has 4 bridgehead atoms. The zero-order valence-electron chi connectivity index (χ0n) is 22.9. The van der Waals surface area contributed by atoms with Crippen molar-refractivity contribution in [2.75, 3.05) is 53.1 Å². The fourth-order valence-electron chi connectivity index (χ4n) is 5.09. The SMILES string of the molecule is COCCN1CC(=O)N[C@H]2CN(C(=O)c3scc4c3OCCO4)C[C@@H]2OCc2cccc(c2)Oc2cncc(c2)C1=O. The Morgan fingerprint density at radius 3 is 2.90 bits per heavy atom. The van der Waals surface area contributed by atoms with Crippen molar-refractivity contribution in [3.8, 4) is 23.0 Å². The number of benzene rings is 1. The van der Waals surface area contributed by atoms with Crippen molar-refractivity contribution in [2.45, 2.75) is 18.8 Å². The minimum atomic E-state index is -0.508. The molecule has 42 heavy (non-hydrogen) atoms. The van der Waals surface area contributed by atoms with E-state index in [1.165, 1.54) is 35.7 Å². The maximum Gasteiger partial charge on any atom is 0.268 e. The number of hydrogen-bond acceptors (Lipinski definition) is 10. The summed E-state index contributed by atoms with van der Waals surface area (Å²) in [6, 6.07) is 8.48. The Hall–Kier alpha value is -4.20. The number of amides is 3. The van der Waals surface area contributed by atoms with Gasteiger partial charge in [0, 0.05) is 38.3 Å². The Balaban J connectivity index is 1.28. The molecule has 0 spiro atoms. The Morgan fingerprint density at radius 2 is 2.02 bits per heavy atom. The molecule has 0 unspecified atom stereocenters. The van der Waals surface area contributed by atoms with Gasteiger partial charge in [-0.05, 0) is 23.8 Å². The van der Waals surface area contributed by atoms with Crippen molar-refractivity contribution in [1.29, 1.82) is 0 Å². The van der Waals surface area contributed by atoms with Crippen LogP contribution in [0.3, 0.4) is 0 Å². The van der Waals surface area contributed by atoms with Gasteiger partial charge in [-0.2, -0.15) is 0 Å². The predicted octanol–water partition coefficient (Wildman–Crippen LogP) is 2.33. The lowest BCUT2D eigenvalue weighted by Gasteiger charge is -2.25. The maximum atomic E-state index is 13.6. The lowest BCUT2D eigenvalue weighted by Crippen LogP contribution is -2.49. The third kappa shape index (κ3) is 6.03. The van der Waals surface area contributed by atoms with Crippen molar-refractivity contribution >= 4 is 29.1 Å². The van der Waals surface area contributed by atoms with Crippen LogP contribution in [0.15, 0.2) is 48.1 Å². The number of likely N-dealkylation sites (tertiary alicyclic amines) is 1. The second-order valence-electron chi connectivity index (χ2n) is 10.1. The number of thiophene rings is 1. The van der Waals surface area contributed by atoms with Crippen LogP contribution >= 0.6 is 11.3 Å². The smallest absolute Gasteiger partial charge is 0.268 e. The van der Waals surface area contributed by atoms with Gasteiger partial charge in [0.1, 0.15) is 29.6 Å². The fraction of sp³-hybridized carbons (Fsp3) is 0.379. The van der Waals surface area contributed by atoms with E-state index in [4.69, 9.17) is 23.7 Å². The van der Waals surface area contributed by atoms with Gasteiger partial charge >= 0.3 is 0 Å². The van der Waals surface area contributed by atoms with E-state index in [0.29, 0.717) is 41.1 Å². The van der Waals surface area contributed by atoms with Crippen molar-refractivity contribution < 1.29 is 38.1 Å². The summed E-state index contributed by atoms with van der Waals surface area (Å²) in [5.74, 6) is 0.970. The maximum absolute atomic E-state index is 13.6. The number of aromatic nitrogens is 1. The molecule has 2 atom stereocenters. The van der Waals surface area contributed by atoms with Gasteiger partial charge in [-0.25, -0.2) is 0 Å². The molecule has 1 N–H and O–H groups in total. The summed E-state index contributed by atoms with van der Waals surface area (Å²) in [4.78, 5) is 48.0. The second-order valence-corrected chi connectivity index (χ2v) is 10.9. The third-order valence-electron chi connectivity index (χ3n) is 7.14. The highest BCUT2D eigenvalue weighted by atomic mass is 32.1. The topological polar surface area (TPSA) is 129 Å². The molecule has 6 rings (SSSR count). The zero-order chi connectivity index (χ0) is 29.1. The van der Waals surface area contributed by atoms with Gasteiger partial charge in [0.2, 0.25) is 5.91 Å². The monoisotopic (exact) mass is 594 g/mol. The van der Waals surface area contributed by atoms with Crippen molar-refractivity contribution in [1.82, 2.24) is 20.1 Å². The van der Waals surface area contributed by atoms with Crippen molar-refractivity contribution in [3.05, 3.63) is 64.1 Å². The van der Waals surface area contributed by atoms with E-state index in [0.717, 1.165) is 5.56 Å². The molecule has 220 valence electrons. The number of carbonyl (C=O) groups excluding carboxylic acids is 3. The summed E-state index contributed by atoms with van der Waals surface area (Å²) in [5, 5.41) is 4.78. The molecule has 0 aliphatic carbocycles. The van der Waals surface area contributed by atoms with E-state index < -0.39 is 12.1 Å².